The molecule has 19 heavy (non-hydrogen) atoms. The molecule has 2 aromatic rings. The van der Waals surface area contributed by atoms with Crippen LogP contribution < -0.4 is 10.5 Å². The van der Waals surface area contributed by atoms with Crippen molar-refractivity contribution in [2.45, 2.75) is 19.4 Å². The molecule has 0 spiro atoms. The van der Waals surface area contributed by atoms with E-state index in [-0.39, 0.29) is 6.04 Å². The number of hydrogen-bond donors (Lipinski definition) is 1. The van der Waals surface area contributed by atoms with Gasteiger partial charge in [0.2, 0.25) is 0 Å². The molecule has 0 heterocycles. The van der Waals surface area contributed by atoms with Crippen LogP contribution in [-0.4, -0.2) is 0 Å². The normalized spacial score (nSPS) is 12.2. The number of nitrogens with two attached hydrogens (primary N) is 1. The fourth-order valence-electron chi connectivity index (χ4n) is 1.77. The Hall–Kier alpha value is -1.03. The summed E-state index contributed by atoms with van der Waals surface area (Å²) in [6.07, 6.45) is 0.854. The average molecular weight is 341 g/mol. The molecule has 2 rings (SSSR count). The average Bonchev–Trinajstić information content (AvgIpc) is 2.42. The van der Waals surface area contributed by atoms with E-state index in [4.69, 9.17) is 22.1 Å². The molecule has 0 saturated carbocycles. The minimum Gasteiger partial charge on any atom is -0.455 e. The molecule has 0 amide bonds. The first-order valence-corrected chi connectivity index (χ1v) is 7.26. The largest absolute Gasteiger partial charge is 0.455 e. The van der Waals surface area contributed by atoms with Gasteiger partial charge in [-0.3, -0.25) is 0 Å². The van der Waals surface area contributed by atoms with Gasteiger partial charge in [-0.1, -0.05) is 52.7 Å². The minimum absolute atomic E-state index is 0.0397. The van der Waals surface area contributed by atoms with Crippen LogP contribution in [0.1, 0.15) is 24.9 Å². The molecule has 0 saturated heterocycles. The highest BCUT2D eigenvalue weighted by atomic mass is 79.9. The van der Waals surface area contributed by atoms with Gasteiger partial charge < -0.3 is 10.5 Å². The fourth-order valence-corrected chi connectivity index (χ4v) is 2.27. The first-order chi connectivity index (χ1) is 9.11. The van der Waals surface area contributed by atoms with E-state index in [1.165, 1.54) is 0 Å². The van der Waals surface area contributed by atoms with Gasteiger partial charge in [-0.05, 0) is 30.7 Å². The van der Waals surface area contributed by atoms with E-state index < -0.39 is 0 Å². The summed E-state index contributed by atoms with van der Waals surface area (Å²) < 4.78 is 6.82. The summed E-state index contributed by atoms with van der Waals surface area (Å²) in [4.78, 5) is 0. The summed E-state index contributed by atoms with van der Waals surface area (Å²) >= 11 is 9.54. The van der Waals surface area contributed by atoms with Gasteiger partial charge in [-0.15, -0.1) is 0 Å². The summed E-state index contributed by atoms with van der Waals surface area (Å²) in [7, 11) is 0. The topological polar surface area (TPSA) is 35.2 Å². The van der Waals surface area contributed by atoms with Crippen LogP contribution in [0.25, 0.3) is 0 Å². The van der Waals surface area contributed by atoms with Crippen LogP contribution in [0.4, 0.5) is 0 Å². The van der Waals surface area contributed by atoms with Crippen molar-refractivity contribution in [2.24, 2.45) is 5.73 Å². The molecule has 0 aliphatic heterocycles. The standard InChI is InChI=1S/C15H15BrClNO/c1-2-13(18)11-5-3-4-6-14(11)19-15-9-10(16)7-8-12(15)17/h3-9,13H,2,18H2,1H3/t13-/m1/s1. The van der Waals surface area contributed by atoms with Crippen molar-refractivity contribution in [3.05, 3.63) is 57.5 Å². The Balaban J connectivity index is 2.35. The van der Waals surface area contributed by atoms with Gasteiger partial charge in [-0.2, -0.15) is 0 Å². The Morgan fingerprint density at radius 2 is 1.95 bits per heavy atom. The number of para-hydroxylation sites is 1. The Bertz CT molecular complexity index is 574. The lowest BCUT2D eigenvalue weighted by atomic mass is 10.0. The molecule has 2 aromatic carbocycles. The Morgan fingerprint density at radius 1 is 1.21 bits per heavy atom. The number of ether oxygens (including phenoxy) is 1. The van der Waals surface area contributed by atoms with Crippen LogP contribution in [0.2, 0.25) is 5.02 Å². The van der Waals surface area contributed by atoms with Gasteiger partial charge in [0.15, 0.2) is 0 Å². The maximum absolute atomic E-state index is 6.13. The predicted octanol–water partition coefficient (Wildman–Crippen LogP) is 5.30. The third-order valence-corrected chi connectivity index (χ3v) is 3.68. The highest BCUT2D eigenvalue weighted by molar-refractivity contribution is 9.10. The molecule has 0 unspecified atom stereocenters. The Labute approximate surface area is 126 Å². The van der Waals surface area contributed by atoms with E-state index in [0.717, 1.165) is 22.2 Å². The van der Waals surface area contributed by atoms with Crippen LogP contribution in [0.15, 0.2) is 46.9 Å². The van der Waals surface area contributed by atoms with Gasteiger partial charge >= 0.3 is 0 Å². The zero-order valence-corrected chi connectivity index (χ0v) is 12.9. The quantitative estimate of drug-likeness (QED) is 0.819. The third kappa shape index (κ3) is 3.50. The van der Waals surface area contributed by atoms with Crippen molar-refractivity contribution in [3.63, 3.8) is 0 Å². The molecular formula is C15H15BrClNO. The summed E-state index contributed by atoms with van der Waals surface area (Å²) in [6, 6.07) is 13.2. The van der Waals surface area contributed by atoms with E-state index in [2.05, 4.69) is 15.9 Å². The van der Waals surface area contributed by atoms with Crippen LogP contribution in [0.5, 0.6) is 11.5 Å². The molecule has 100 valence electrons. The Kier molecular flexibility index (Phi) is 4.86. The maximum Gasteiger partial charge on any atom is 0.147 e. The second-order valence-electron chi connectivity index (χ2n) is 4.23. The minimum atomic E-state index is -0.0397. The summed E-state index contributed by atoms with van der Waals surface area (Å²) in [5.74, 6) is 1.36. The lowest BCUT2D eigenvalue weighted by Gasteiger charge is -2.16. The Morgan fingerprint density at radius 3 is 2.68 bits per heavy atom. The molecule has 0 aromatic heterocycles. The zero-order valence-electron chi connectivity index (χ0n) is 10.6. The number of rotatable bonds is 4. The molecule has 4 heteroatoms. The van der Waals surface area contributed by atoms with E-state index in [0.29, 0.717) is 10.8 Å². The van der Waals surface area contributed by atoms with Gasteiger partial charge in [0.25, 0.3) is 0 Å². The smallest absolute Gasteiger partial charge is 0.147 e. The molecule has 0 bridgehead atoms. The molecule has 0 radical (unpaired) electrons. The fraction of sp³-hybridized carbons (Fsp3) is 0.200. The van der Waals surface area contributed by atoms with Gasteiger partial charge in [0, 0.05) is 16.1 Å². The third-order valence-electron chi connectivity index (χ3n) is 2.87. The van der Waals surface area contributed by atoms with Crippen molar-refractivity contribution in [2.75, 3.05) is 0 Å². The molecule has 0 aliphatic carbocycles. The summed E-state index contributed by atoms with van der Waals surface area (Å²) in [6.45, 7) is 2.05. The molecule has 2 N–H and O–H groups in total. The zero-order chi connectivity index (χ0) is 13.8. The van der Waals surface area contributed by atoms with E-state index in [1.807, 2.05) is 43.3 Å². The lowest BCUT2D eigenvalue weighted by Crippen LogP contribution is -2.09. The molecule has 1 atom stereocenters. The van der Waals surface area contributed by atoms with Gasteiger partial charge in [0.1, 0.15) is 11.5 Å². The van der Waals surface area contributed by atoms with Crippen LogP contribution in [0.3, 0.4) is 0 Å². The van der Waals surface area contributed by atoms with Crippen LogP contribution >= 0.6 is 27.5 Å². The van der Waals surface area contributed by atoms with Crippen LogP contribution in [-0.2, 0) is 0 Å². The van der Waals surface area contributed by atoms with Crippen molar-refractivity contribution in [1.82, 2.24) is 0 Å². The molecule has 0 fully saturated rings. The number of benzene rings is 2. The SMILES string of the molecule is CC[C@@H](N)c1ccccc1Oc1cc(Br)ccc1Cl. The van der Waals surface area contributed by atoms with Crippen LogP contribution in [0, 0.1) is 0 Å². The molecule has 0 aliphatic rings. The summed E-state index contributed by atoms with van der Waals surface area (Å²) in [5.41, 5.74) is 7.08. The monoisotopic (exact) mass is 339 g/mol. The second kappa shape index (κ2) is 6.42. The summed E-state index contributed by atoms with van der Waals surface area (Å²) in [5, 5.41) is 0.572. The van der Waals surface area contributed by atoms with Gasteiger partial charge in [0.05, 0.1) is 5.02 Å². The van der Waals surface area contributed by atoms with Crippen molar-refractivity contribution >= 4 is 27.5 Å². The van der Waals surface area contributed by atoms with E-state index in [1.54, 1.807) is 6.07 Å². The highest BCUT2D eigenvalue weighted by Gasteiger charge is 2.12. The molecule has 2 nitrogen and oxygen atoms in total. The van der Waals surface area contributed by atoms with Gasteiger partial charge in [-0.25, -0.2) is 0 Å². The van der Waals surface area contributed by atoms with E-state index >= 15 is 0 Å². The number of halogens is 2. The first kappa shape index (κ1) is 14.4. The van der Waals surface area contributed by atoms with Crippen molar-refractivity contribution < 1.29 is 4.74 Å². The second-order valence-corrected chi connectivity index (χ2v) is 5.55. The van der Waals surface area contributed by atoms with E-state index in [9.17, 15) is 0 Å². The van der Waals surface area contributed by atoms with Crippen molar-refractivity contribution in [3.8, 4) is 11.5 Å². The maximum atomic E-state index is 6.13. The van der Waals surface area contributed by atoms with Crippen molar-refractivity contribution in [1.29, 1.82) is 0 Å². The first-order valence-electron chi connectivity index (χ1n) is 6.09. The highest BCUT2D eigenvalue weighted by Crippen LogP contribution is 2.35. The number of hydrogen-bond acceptors (Lipinski definition) is 2. The predicted molar refractivity (Wildman–Crippen MR) is 82.9 cm³/mol. The lowest BCUT2D eigenvalue weighted by molar-refractivity contribution is 0.468. The molecular weight excluding hydrogens is 326 g/mol.